The van der Waals surface area contributed by atoms with Gasteiger partial charge in [0.25, 0.3) is 5.92 Å². The van der Waals surface area contributed by atoms with Crippen molar-refractivity contribution >= 4 is 18.0 Å². The number of carboxylic acid groups (broad SMARTS) is 1. The summed E-state index contributed by atoms with van der Waals surface area (Å²) in [6.45, 7) is -0.812. The van der Waals surface area contributed by atoms with Crippen LogP contribution in [0.4, 0.5) is 13.6 Å². The van der Waals surface area contributed by atoms with E-state index in [1.807, 2.05) is 48.5 Å². The van der Waals surface area contributed by atoms with Crippen LogP contribution >= 0.6 is 0 Å². The Hall–Kier alpha value is -3.49. The maximum atomic E-state index is 13.7. The highest BCUT2D eigenvalue weighted by atomic mass is 19.3. The largest absolute Gasteiger partial charge is 0.480 e. The number of rotatable bonds is 6. The molecular formula is C25H24F2N2O5. The summed E-state index contributed by atoms with van der Waals surface area (Å²) in [5.74, 6) is -5.52. The van der Waals surface area contributed by atoms with Crippen molar-refractivity contribution in [2.45, 2.75) is 49.1 Å². The number of carboxylic acids is 1. The molecule has 178 valence electrons. The van der Waals surface area contributed by atoms with Crippen LogP contribution in [-0.2, 0) is 14.3 Å². The Balaban J connectivity index is 1.21. The fourth-order valence-corrected chi connectivity index (χ4v) is 5.04. The molecule has 2 aliphatic carbocycles. The van der Waals surface area contributed by atoms with Crippen LogP contribution in [0, 0.1) is 0 Å². The lowest BCUT2D eigenvalue weighted by atomic mass is 9.98. The number of fused-ring (bicyclic) bond motifs is 3. The SMILES string of the molecule is O=C(NC1(CC(=O)N2CC(F)(F)CC2C(=O)O)CC1)OCC1c2ccccc2-c2ccccc21. The molecule has 7 nitrogen and oxygen atoms in total. The van der Waals surface area contributed by atoms with Crippen molar-refractivity contribution in [2.75, 3.05) is 13.2 Å². The highest BCUT2D eigenvalue weighted by molar-refractivity contribution is 5.86. The fourth-order valence-electron chi connectivity index (χ4n) is 5.04. The Morgan fingerprint density at radius 1 is 1.03 bits per heavy atom. The highest BCUT2D eigenvalue weighted by Gasteiger charge is 2.53. The van der Waals surface area contributed by atoms with Crippen molar-refractivity contribution in [3.8, 4) is 11.1 Å². The maximum absolute atomic E-state index is 13.7. The van der Waals surface area contributed by atoms with E-state index in [-0.39, 0.29) is 18.9 Å². The van der Waals surface area contributed by atoms with Crippen LogP contribution in [0.5, 0.6) is 0 Å². The lowest BCUT2D eigenvalue weighted by Gasteiger charge is -2.24. The molecule has 2 fully saturated rings. The van der Waals surface area contributed by atoms with E-state index in [1.54, 1.807) is 0 Å². The van der Waals surface area contributed by atoms with Gasteiger partial charge in [0.2, 0.25) is 5.91 Å². The van der Waals surface area contributed by atoms with Crippen molar-refractivity contribution < 1.29 is 33.0 Å². The quantitative estimate of drug-likeness (QED) is 0.670. The van der Waals surface area contributed by atoms with E-state index in [0.29, 0.717) is 17.7 Å². The number of alkyl carbamates (subject to hydrolysis) is 1. The van der Waals surface area contributed by atoms with Crippen LogP contribution < -0.4 is 5.32 Å². The van der Waals surface area contributed by atoms with E-state index in [1.165, 1.54) is 0 Å². The Labute approximate surface area is 194 Å². The van der Waals surface area contributed by atoms with Crippen molar-refractivity contribution in [2.24, 2.45) is 0 Å². The molecule has 1 unspecified atom stereocenters. The molecule has 1 heterocycles. The van der Waals surface area contributed by atoms with Crippen LogP contribution in [0.2, 0.25) is 0 Å². The Bertz CT molecular complexity index is 1120. The summed E-state index contributed by atoms with van der Waals surface area (Å²) >= 11 is 0. The van der Waals surface area contributed by atoms with Gasteiger partial charge in [0, 0.05) is 12.3 Å². The molecular weight excluding hydrogens is 446 g/mol. The molecule has 0 bridgehead atoms. The molecule has 1 aliphatic heterocycles. The molecule has 34 heavy (non-hydrogen) atoms. The minimum Gasteiger partial charge on any atom is -0.480 e. The minimum atomic E-state index is -3.24. The van der Waals surface area contributed by atoms with Crippen LogP contribution in [-0.4, -0.2) is 58.6 Å². The number of likely N-dealkylation sites (tertiary alicyclic amines) is 1. The van der Waals surface area contributed by atoms with Gasteiger partial charge < -0.3 is 20.1 Å². The summed E-state index contributed by atoms with van der Waals surface area (Å²) in [5.41, 5.74) is 3.46. The number of aliphatic carboxylic acids is 1. The van der Waals surface area contributed by atoms with E-state index in [2.05, 4.69) is 5.32 Å². The summed E-state index contributed by atoms with van der Waals surface area (Å²) in [5, 5.41) is 11.9. The summed E-state index contributed by atoms with van der Waals surface area (Å²) in [4.78, 5) is 37.3. The number of halogens is 2. The van der Waals surface area contributed by atoms with Gasteiger partial charge >= 0.3 is 12.1 Å². The third-order valence-corrected chi connectivity index (χ3v) is 6.93. The van der Waals surface area contributed by atoms with Crippen molar-refractivity contribution in [1.29, 1.82) is 0 Å². The molecule has 5 rings (SSSR count). The number of nitrogens with zero attached hydrogens (tertiary/aromatic N) is 1. The summed E-state index contributed by atoms with van der Waals surface area (Å²) in [6, 6.07) is 14.3. The second-order valence-corrected chi connectivity index (χ2v) is 9.34. The zero-order valence-corrected chi connectivity index (χ0v) is 18.3. The smallest absolute Gasteiger partial charge is 0.407 e. The molecule has 2 N–H and O–H groups in total. The van der Waals surface area contributed by atoms with Gasteiger partial charge in [-0.05, 0) is 35.1 Å². The third kappa shape index (κ3) is 4.10. The van der Waals surface area contributed by atoms with Gasteiger partial charge in [0.05, 0.1) is 18.5 Å². The fraction of sp³-hybridized carbons (Fsp3) is 0.400. The molecule has 0 aromatic heterocycles. The molecule has 2 amide bonds. The number of ether oxygens (including phenoxy) is 1. The molecule has 3 aliphatic rings. The lowest BCUT2D eigenvalue weighted by Crippen LogP contribution is -2.46. The first-order valence-corrected chi connectivity index (χ1v) is 11.2. The van der Waals surface area contributed by atoms with Crippen molar-refractivity contribution in [3.63, 3.8) is 0 Å². The highest BCUT2D eigenvalue weighted by Crippen LogP contribution is 2.45. The number of carbonyl (C=O) groups is 3. The Morgan fingerprint density at radius 3 is 2.18 bits per heavy atom. The molecule has 9 heteroatoms. The van der Waals surface area contributed by atoms with Crippen LogP contribution in [0.25, 0.3) is 11.1 Å². The molecule has 0 spiro atoms. The topological polar surface area (TPSA) is 95.9 Å². The average Bonchev–Trinajstić information content (AvgIpc) is 3.33. The molecule has 1 saturated heterocycles. The second kappa shape index (κ2) is 8.07. The zero-order chi connectivity index (χ0) is 24.1. The van der Waals surface area contributed by atoms with Gasteiger partial charge in [-0.3, -0.25) is 4.79 Å². The summed E-state index contributed by atoms with van der Waals surface area (Å²) in [6.07, 6.45) is -0.845. The predicted molar refractivity (Wildman–Crippen MR) is 117 cm³/mol. The first-order chi connectivity index (χ1) is 16.2. The Morgan fingerprint density at radius 2 is 1.62 bits per heavy atom. The number of hydrogen-bond acceptors (Lipinski definition) is 4. The van der Waals surface area contributed by atoms with Gasteiger partial charge in [-0.25, -0.2) is 18.4 Å². The number of benzene rings is 2. The van der Waals surface area contributed by atoms with Crippen molar-refractivity contribution in [1.82, 2.24) is 10.2 Å². The lowest BCUT2D eigenvalue weighted by molar-refractivity contribution is -0.148. The predicted octanol–water partition coefficient (Wildman–Crippen LogP) is 3.77. The Kier molecular flexibility index (Phi) is 5.30. The molecule has 2 aromatic rings. The first-order valence-electron chi connectivity index (χ1n) is 11.2. The zero-order valence-electron chi connectivity index (χ0n) is 18.3. The number of carbonyl (C=O) groups excluding carboxylic acids is 2. The average molecular weight is 470 g/mol. The molecule has 1 atom stereocenters. The number of amides is 2. The van der Waals surface area contributed by atoms with E-state index in [0.717, 1.165) is 22.3 Å². The molecule has 2 aromatic carbocycles. The first kappa shape index (κ1) is 22.3. The van der Waals surface area contributed by atoms with Crippen molar-refractivity contribution in [3.05, 3.63) is 59.7 Å². The van der Waals surface area contributed by atoms with E-state index < -0.39 is 48.4 Å². The molecule has 0 radical (unpaired) electrons. The summed E-state index contributed by atoms with van der Waals surface area (Å²) in [7, 11) is 0. The normalized spacial score (nSPS) is 21.5. The number of nitrogens with one attached hydrogen (secondary N) is 1. The second-order valence-electron chi connectivity index (χ2n) is 9.34. The minimum absolute atomic E-state index is 0.113. The van der Waals surface area contributed by atoms with E-state index in [9.17, 15) is 28.3 Å². The van der Waals surface area contributed by atoms with Crippen LogP contribution in [0.1, 0.15) is 42.7 Å². The summed E-state index contributed by atoms with van der Waals surface area (Å²) < 4.78 is 33.0. The van der Waals surface area contributed by atoms with Gasteiger partial charge in [-0.15, -0.1) is 0 Å². The van der Waals surface area contributed by atoms with E-state index in [4.69, 9.17) is 4.74 Å². The van der Waals surface area contributed by atoms with E-state index >= 15 is 0 Å². The van der Waals surface area contributed by atoms with Gasteiger partial charge in [-0.2, -0.15) is 0 Å². The molecule has 1 saturated carbocycles. The van der Waals surface area contributed by atoms with Crippen LogP contribution in [0.3, 0.4) is 0 Å². The number of alkyl halides is 2. The monoisotopic (exact) mass is 470 g/mol. The van der Waals surface area contributed by atoms with Gasteiger partial charge in [0.15, 0.2) is 0 Å². The maximum Gasteiger partial charge on any atom is 0.407 e. The van der Waals surface area contributed by atoms with Gasteiger partial charge in [0.1, 0.15) is 12.6 Å². The standard InChI is InChI=1S/C25H24F2N2O5/c26-25(27)11-20(22(31)32)29(14-25)21(30)12-24(9-10-24)28-23(33)34-13-19-17-7-3-1-5-15(17)16-6-2-4-8-18(16)19/h1-8,19-20H,9-14H2,(H,28,33)(H,31,32). The number of hydrogen-bond donors (Lipinski definition) is 2. The van der Waals surface area contributed by atoms with Crippen LogP contribution in [0.15, 0.2) is 48.5 Å². The van der Waals surface area contributed by atoms with Gasteiger partial charge in [-0.1, -0.05) is 48.5 Å². The third-order valence-electron chi connectivity index (χ3n) is 6.93.